The van der Waals surface area contributed by atoms with Crippen LogP contribution in [0.3, 0.4) is 0 Å². The van der Waals surface area contributed by atoms with E-state index >= 15 is 4.39 Å². The van der Waals surface area contributed by atoms with Gasteiger partial charge >= 0.3 is 0 Å². The third-order valence-electron chi connectivity index (χ3n) is 7.86. The van der Waals surface area contributed by atoms with E-state index in [1.807, 2.05) is 7.05 Å². The minimum Gasteiger partial charge on any atom is -0.477 e. The molecular formula is C27H29F2N7O2. The van der Waals surface area contributed by atoms with Gasteiger partial charge in [0.25, 0.3) is 11.9 Å². The molecule has 2 saturated heterocycles. The molecule has 0 radical (unpaired) electrons. The Morgan fingerprint density at radius 3 is 2.58 bits per heavy atom. The zero-order chi connectivity index (χ0) is 26.4. The van der Waals surface area contributed by atoms with Crippen molar-refractivity contribution in [1.29, 1.82) is 0 Å². The fraction of sp³-hybridized carbons (Fsp3) is 0.444. The number of amides is 1. The number of hydrogen-bond acceptors (Lipinski definition) is 8. The average molecular weight is 522 g/mol. The molecule has 7 rings (SSSR count). The Morgan fingerprint density at radius 1 is 1.13 bits per heavy atom. The molecule has 11 heteroatoms. The van der Waals surface area contributed by atoms with Gasteiger partial charge in [0.2, 0.25) is 5.88 Å². The number of halogens is 2. The molecule has 0 spiro atoms. The molecule has 4 aliphatic rings. The summed E-state index contributed by atoms with van der Waals surface area (Å²) in [6, 6.07) is 5.37. The second-order valence-corrected chi connectivity index (χ2v) is 10.7. The molecule has 3 N–H and O–H groups in total. The van der Waals surface area contributed by atoms with Gasteiger partial charge in [0.05, 0.1) is 29.6 Å². The quantitative estimate of drug-likeness (QED) is 0.484. The fourth-order valence-corrected chi connectivity index (χ4v) is 5.44. The second-order valence-electron chi connectivity index (χ2n) is 10.7. The highest BCUT2D eigenvalue weighted by Crippen LogP contribution is 2.38. The predicted octanol–water partition coefficient (Wildman–Crippen LogP) is 3.61. The number of rotatable bonds is 7. The van der Waals surface area contributed by atoms with E-state index in [4.69, 9.17) is 10.5 Å². The summed E-state index contributed by atoms with van der Waals surface area (Å²) in [6.07, 6.45) is 8.65. The molecular weight excluding hydrogens is 492 g/mol. The van der Waals surface area contributed by atoms with Crippen molar-refractivity contribution in [3.63, 3.8) is 0 Å². The number of nitrogen functional groups attached to an aromatic ring is 1. The Morgan fingerprint density at radius 2 is 1.92 bits per heavy atom. The van der Waals surface area contributed by atoms with E-state index in [-0.39, 0.29) is 22.6 Å². The standard InChI is InChI=1S/C27H29F2N7O2/c1-36-14-27(8-6-17(36)7-9-27)35-26(37)18-10-19(16-4-5-21(31-11-16)38-13-15-2-3-15)33-23(22(18)28)20-12-32-25(30)24(29)34-20/h4-5,10-12,15,17H,2-3,6-9,13-14H2,1H3,(H2,30,32)(H,35,37). The van der Waals surface area contributed by atoms with Crippen molar-refractivity contribution in [3.05, 3.63) is 47.9 Å². The van der Waals surface area contributed by atoms with Crippen LogP contribution in [0, 0.1) is 17.7 Å². The summed E-state index contributed by atoms with van der Waals surface area (Å²) in [5.41, 5.74) is 5.20. The van der Waals surface area contributed by atoms with Crippen LogP contribution >= 0.6 is 0 Å². The lowest BCUT2D eigenvalue weighted by atomic mass is 9.74. The molecule has 2 aliphatic carbocycles. The molecule has 3 aromatic rings. The SMILES string of the molecule is CN1CC2(NC(=O)c3cc(-c4ccc(OCC5CC5)nc4)nc(-c4cnc(N)c(F)n4)c3F)CCC1CC2. The minimum absolute atomic E-state index is 0.168. The topological polar surface area (TPSA) is 119 Å². The number of piperidine rings is 2. The van der Waals surface area contributed by atoms with Crippen LogP contribution in [0.2, 0.25) is 0 Å². The van der Waals surface area contributed by atoms with Crippen LogP contribution in [0.5, 0.6) is 5.88 Å². The van der Waals surface area contributed by atoms with Crippen LogP contribution in [-0.4, -0.2) is 62.5 Å². The largest absolute Gasteiger partial charge is 0.477 e. The monoisotopic (exact) mass is 521 g/mol. The summed E-state index contributed by atoms with van der Waals surface area (Å²) in [6.45, 7) is 1.32. The molecule has 2 aliphatic heterocycles. The maximum atomic E-state index is 15.9. The number of likely N-dealkylation sites (N-methyl/N-ethyl adjacent to an activating group) is 1. The first-order chi connectivity index (χ1) is 18.3. The van der Waals surface area contributed by atoms with Gasteiger partial charge in [-0.2, -0.15) is 4.39 Å². The Bertz CT molecular complexity index is 1370. The number of nitrogens with one attached hydrogen (secondary N) is 1. The summed E-state index contributed by atoms with van der Waals surface area (Å²) in [5, 5.41) is 3.11. The van der Waals surface area contributed by atoms with E-state index in [0.717, 1.165) is 44.7 Å². The molecule has 2 saturated carbocycles. The zero-order valence-corrected chi connectivity index (χ0v) is 21.1. The van der Waals surface area contributed by atoms with Gasteiger partial charge in [-0.05, 0) is 63.6 Å². The predicted molar refractivity (Wildman–Crippen MR) is 136 cm³/mol. The summed E-state index contributed by atoms with van der Waals surface area (Å²) in [5.74, 6) is -1.86. The number of nitrogens with zero attached hydrogens (tertiary/aromatic N) is 5. The van der Waals surface area contributed by atoms with E-state index in [9.17, 15) is 9.18 Å². The third kappa shape index (κ3) is 4.78. The smallest absolute Gasteiger partial charge is 0.256 e. The van der Waals surface area contributed by atoms with Gasteiger partial charge in [0.1, 0.15) is 11.4 Å². The number of ether oxygens (including phenoxy) is 1. The van der Waals surface area contributed by atoms with Gasteiger partial charge in [0.15, 0.2) is 11.6 Å². The highest BCUT2D eigenvalue weighted by Gasteiger charge is 2.44. The molecule has 0 aromatic carbocycles. The first-order valence-electron chi connectivity index (χ1n) is 12.9. The van der Waals surface area contributed by atoms with Gasteiger partial charge in [-0.1, -0.05) is 0 Å². The van der Waals surface area contributed by atoms with Gasteiger partial charge in [-0.15, -0.1) is 0 Å². The van der Waals surface area contributed by atoms with Gasteiger partial charge < -0.3 is 20.7 Å². The van der Waals surface area contributed by atoms with Crippen molar-refractivity contribution >= 4 is 11.7 Å². The number of nitrogens with two attached hydrogens (primary N) is 1. The van der Waals surface area contributed by atoms with E-state index in [0.29, 0.717) is 36.6 Å². The number of pyridine rings is 2. The molecule has 9 nitrogen and oxygen atoms in total. The van der Waals surface area contributed by atoms with Crippen LogP contribution in [0.4, 0.5) is 14.6 Å². The molecule has 5 heterocycles. The second kappa shape index (κ2) is 9.54. The van der Waals surface area contributed by atoms with E-state index in [1.165, 1.54) is 6.07 Å². The van der Waals surface area contributed by atoms with Crippen LogP contribution in [0.1, 0.15) is 48.9 Å². The molecule has 1 amide bonds. The normalized spacial score (nSPS) is 22.9. The zero-order valence-electron chi connectivity index (χ0n) is 21.1. The van der Waals surface area contributed by atoms with Crippen molar-refractivity contribution in [2.75, 3.05) is 25.9 Å². The highest BCUT2D eigenvalue weighted by atomic mass is 19.1. The van der Waals surface area contributed by atoms with Crippen LogP contribution in [-0.2, 0) is 0 Å². The molecule has 0 unspecified atom stereocenters. The molecule has 38 heavy (non-hydrogen) atoms. The first kappa shape index (κ1) is 24.6. The number of aromatic nitrogens is 4. The third-order valence-corrected chi connectivity index (χ3v) is 7.86. The summed E-state index contributed by atoms with van der Waals surface area (Å²) in [7, 11) is 2.05. The number of carbonyl (C=O) groups excluding carboxylic acids is 1. The molecule has 2 bridgehead atoms. The molecule has 198 valence electrons. The van der Waals surface area contributed by atoms with Crippen molar-refractivity contribution in [3.8, 4) is 28.5 Å². The van der Waals surface area contributed by atoms with Crippen LogP contribution in [0.15, 0.2) is 30.6 Å². The highest BCUT2D eigenvalue weighted by molar-refractivity contribution is 5.97. The van der Waals surface area contributed by atoms with Crippen molar-refractivity contribution < 1.29 is 18.3 Å². The fourth-order valence-electron chi connectivity index (χ4n) is 5.44. The van der Waals surface area contributed by atoms with Gasteiger partial charge in [0, 0.05) is 30.4 Å². The van der Waals surface area contributed by atoms with E-state index < -0.39 is 29.0 Å². The van der Waals surface area contributed by atoms with Crippen molar-refractivity contribution in [2.45, 2.75) is 50.1 Å². The van der Waals surface area contributed by atoms with Crippen molar-refractivity contribution in [1.82, 2.24) is 30.2 Å². The number of anilines is 1. The van der Waals surface area contributed by atoms with E-state index in [1.54, 1.807) is 18.3 Å². The van der Waals surface area contributed by atoms with Crippen molar-refractivity contribution in [2.24, 2.45) is 5.92 Å². The Labute approximate surface area is 218 Å². The first-order valence-corrected chi connectivity index (χ1v) is 12.9. The van der Waals surface area contributed by atoms with Crippen LogP contribution in [0.25, 0.3) is 22.6 Å². The number of carbonyl (C=O) groups is 1. The number of hydrogen-bond donors (Lipinski definition) is 2. The lowest BCUT2D eigenvalue weighted by Crippen LogP contribution is -2.64. The number of fused-ring (bicyclic) bond motifs is 3. The molecule has 4 fully saturated rings. The summed E-state index contributed by atoms with van der Waals surface area (Å²) >= 11 is 0. The lowest BCUT2D eigenvalue weighted by molar-refractivity contribution is 0.0269. The molecule has 0 atom stereocenters. The summed E-state index contributed by atoms with van der Waals surface area (Å²) < 4.78 is 35.7. The Balaban J connectivity index is 1.36. The molecule has 3 aromatic heterocycles. The van der Waals surface area contributed by atoms with E-state index in [2.05, 4.69) is 30.2 Å². The average Bonchev–Trinajstić information content (AvgIpc) is 3.74. The maximum absolute atomic E-state index is 15.9. The van der Waals surface area contributed by atoms with Gasteiger partial charge in [-0.25, -0.2) is 24.3 Å². The summed E-state index contributed by atoms with van der Waals surface area (Å²) in [4.78, 5) is 32.0. The minimum atomic E-state index is -1.04. The maximum Gasteiger partial charge on any atom is 0.256 e. The van der Waals surface area contributed by atoms with Gasteiger partial charge in [-0.3, -0.25) is 4.79 Å². The Kier molecular flexibility index (Phi) is 6.17. The van der Waals surface area contributed by atoms with Crippen LogP contribution < -0.4 is 15.8 Å². The Hall–Kier alpha value is -3.73. The lowest BCUT2D eigenvalue weighted by Gasteiger charge is -2.51.